The van der Waals surface area contributed by atoms with Crippen LogP contribution < -0.4 is 14.8 Å². The van der Waals surface area contributed by atoms with E-state index in [4.69, 9.17) is 9.47 Å². The van der Waals surface area contributed by atoms with Crippen LogP contribution in [0.25, 0.3) is 0 Å². The highest BCUT2D eigenvalue weighted by Crippen LogP contribution is 2.26. The van der Waals surface area contributed by atoms with Crippen LogP contribution in [0.2, 0.25) is 0 Å². The number of rotatable bonds is 7. The number of hydrogen-bond donors (Lipinski definition) is 2. The highest BCUT2D eigenvalue weighted by atomic mass is 32.1. The zero-order valence-electron chi connectivity index (χ0n) is 12.4. The standard InChI is InChI=1S/C17H19NO3S/c1-13-6-8-14(9-7-13)18-17(19)12-21-16-5-3-2-4-15(16)20-10-11-22/h2-9,22H,10-12H2,1H3,(H,18,19). The number of hydrogen-bond acceptors (Lipinski definition) is 4. The monoisotopic (exact) mass is 317 g/mol. The van der Waals surface area contributed by atoms with Gasteiger partial charge in [-0.1, -0.05) is 29.8 Å². The Bertz CT molecular complexity index is 614. The Balaban J connectivity index is 1.89. The van der Waals surface area contributed by atoms with Gasteiger partial charge in [0, 0.05) is 11.4 Å². The average Bonchev–Trinajstić information content (AvgIpc) is 2.54. The van der Waals surface area contributed by atoms with Crippen molar-refractivity contribution < 1.29 is 14.3 Å². The van der Waals surface area contributed by atoms with Crippen LogP contribution in [-0.2, 0) is 4.79 Å². The number of thiol groups is 1. The summed E-state index contributed by atoms with van der Waals surface area (Å²) in [5, 5.41) is 2.79. The van der Waals surface area contributed by atoms with Crippen molar-refractivity contribution in [3.8, 4) is 11.5 Å². The van der Waals surface area contributed by atoms with E-state index in [1.165, 1.54) is 0 Å². The second-order valence-corrected chi connectivity index (χ2v) is 5.17. The third kappa shape index (κ3) is 5.00. The first-order chi connectivity index (χ1) is 10.7. The van der Waals surface area contributed by atoms with Crippen LogP contribution in [0.15, 0.2) is 48.5 Å². The van der Waals surface area contributed by atoms with Crippen molar-refractivity contribution in [1.82, 2.24) is 0 Å². The fourth-order valence-corrected chi connectivity index (χ4v) is 1.91. The van der Waals surface area contributed by atoms with Gasteiger partial charge in [-0.05, 0) is 31.2 Å². The van der Waals surface area contributed by atoms with Crippen molar-refractivity contribution in [2.75, 3.05) is 24.3 Å². The predicted molar refractivity (Wildman–Crippen MR) is 91.1 cm³/mol. The summed E-state index contributed by atoms with van der Waals surface area (Å²) >= 11 is 4.10. The van der Waals surface area contributed by atoms with E-state index in [1.54, 1.807) is 12.1 Å². The number of ether oxygens (including phenoxy) is 2. The molecular formula is C17H19NO3S. The van der Waals surface area contributed by atoms with E-state index in [1.807, 2.05) is 43.3 Å². The molecule has 22 heavy (non-hydrogen) atoms. The minimum Gasteiger partial charge on any atom is -0.489 e. The molecular weight excluding hydrogens is 298 g/mol. The second kappa shape index (κ2) is 8.34. The lowest BCUT2D eigenvalue weighted by molar-refractivity contribution is -0.118. The summed E-state index contributed by atoms with van der Waals surface area (Å²) in [4.78, 5) is 11.9. The lowest BCUT2D eigenvalue weighted by Crippen LogP contribution is -2.20. The van der Waals surface area contributed by atoms with Gasteiger partial charge in [-0.2, -0.15) is 12.6 Å². The smallest absolute Gasteiger partial charge is 0.262 e. The molecule has 4 nitrogen and oxygen atoms in total. The first kappa shape index (κ1) is 16.2. The number of carbonyl (C=O) groups excluding carboxylic acids is 1. The van der Waals surface area contributed by atoms with Crippen LogP contribution in [0.3, 0.4) is 0 Å². The summed E-state index contributed by atoms with van der Waals surface area (Å²) < 4.78 is 11.0. The molecule has 116 valence electrons. The van der Waals surface area contributed by atoms with Crippen LogP contribution in [0.5, 0.6) is 11.5 Å². The number of aryl methyl sites for hydroxylation is 1. The van der Waals surface area contributed by atoms with Gasteiger partial charge in [0.15, 0.2) is 18.1 Å². The van der Waals surface area contributed by atoms with Gasteiger partial charge in [-0.15, -0.1) is 0 Å². The molecule has 0 atom stereocenters. The molecule has 0 aliphatic heterocycles. The molecule has 0 fully saturated rings. The number of para-hydroxylation sites is 2. The molecule has 2 rings (SSSR count). The quantitative estimate of drug-likeness (QED) is 0.770. The molecule has 0 aromatic heterocycles. The van der Waals surface area contributed by atoms with E-state index in [-0.39, 0.29) is 12.5 Å². The Kier molecular flexibility index (Phi) is 6.15. The Hall–Kier alpha value is -2.14. The highest BCUT2D eigenvalue weighted by Gasteiger charge is 2.07. The van der Waals surface area contributed by atoms with Crippen molar-refractivity contribution in [3.05, 3.63) is 54.1 Å². The molecule has 0 unspecified atom stereocenters. The molecule has 0 saturated heterocycles. The van der Waals surface area contributed by atoms with Crippen LogP contribution >= 0.6 is 12.6 Å². The minimum atomic E-state index is -0.215. The average molecular weight is 317 g/mol. The summed E-state index contributed by atoms with van der Waals surface area (Å²) in [6, 6.07) is 14.9. The predicted octanol–water partition coefficient (Wildman–Crippen LogP) is 3.32. The van der Waals surface area contributed by atoms with E-state index in [2.05, 4.69) is 17.9 Å². The number of benzene rings is 2. The zero-order chi connectivity index (χ0) is 15.8. The maximum Gasteiger partial charge on any atom is 0.262 e. The van der Waals surface area contributed by atoms with Crippen LogP contribution in [0.4, 0.5) is 5.69 Å². The SMILES string of the molecule is Cc1ccc(NC(=O)COc2ccccc2OCCS)cc1. The van der Waals surface area contributed by atoms with E-state index >= 15 is 0 Å². The second-order valence-electron chi connectivity index (χ2n) is 4.72. The Morgan fingerprint density at radius 2 is 1.68 bits per heavy atom. The van der Waals surface area contributed by atoms with Crippen LogP contribution in [-0.4, -0.2) is 24.9 Å². The number of amides is 1. The van der Waals surface area contributed by atoms with Crippen LogP contribution in [0, 0.1) is 6.92 Å². The molecule has 0 spiro atoms. The molecule has 5 heteroatoms. The fraction of sp³-hybridized carbons (Fsp3) is 0.235. The molecule has 0 radical (unpaired) electrons. The Morgan fingerprint density at radius 3 is 2.32 bits per heavy atom. The lowest BCUT2D eigenvalue weighted by atomic mass is 10.2. The third-order valence-corrected chi connectivity index (χ3v) is 3.07. The molecule has 0 aliphatic carbocycles. The molecule has 0 aliphatic rings. The summed E-state index contributed by atoms with van der Waals surface area (Å²) in [5.74, 6) is 1.55. The van der Waals surface area contributed by atoms with Gasteiger partial charge in [0.1, 0.15) is 0 Å². The van der Waals surface area contributed by atoms with Gasteiger partial charge in [-0.25, -0.2) is 0 Å². The fourth-order valence-electron chi connectivity index (χ4n) is 1.82. The summed E-state index contributed by atoms with van der Waals surface area (Å²) in [6.45, 7) is 2.41. The van der Waals surface area contributed by atoms with Gasteiger partial charge in [-0.3, -0.25) is 4.79 Å². The normalized spacial score (nSPS) is 10.1. The largest absolute Gasteiger partial charge is 0.489 e. The van der Waals surface area contributed by atoms with Gasteiger partial charge in [0.2, 0.25) is 0 Å². The van der Waals surface area contributed by atoms with Gasteiger partial charge < -0.3 is 14.8 Å². The van der Waals surface area contributed by atoms with Crippen molar-refractivity contribution >= 4 is 24.2 Å². The van der Waals surface area contributed by atoms with E-state index in [0.717, 1.165) is 11.3 Å². The number of anilines is 1. The maximum atomic E-state index is 11.9. The molecule has 1 N–H and O–H groups in total. The molecule has 0 bridgehead atoms. The Morgan fingerprint density at radius 1 is 1.05 bits per heavy atom. The van der Waals surface area contributed by atoms with E-state index < -0.39 is 0 Å². The minimum absolute atomic E-state index is 0.0743. The lowest BCUT2D eigenvalue weighted by Gasteiger charge is -2.12. The first-order valence-electron chi connectivity index (χ1n) is 7.01. The molecule has 1 amide bonds. The Labute approximate surface area is 135 Å². The van der Waals surface area contributed by atoms with Gasteiger partial charge >= 0.3 is 0 Å². The van der Waals surface area contributed by atoms with E-state index in [9.17, 15) is 4.79 Å². The summed E-state index contributed by atoms with van der Waals surface area (Å²) in [5.41, 5.74) is 1.89. The van der Waals surface area contributed by atoms with Gasteiger partial charge in [0.05, 0.1) is 6.61 Å². The van der Waals surface area contributed by atoms with Crippen molar-refractivity contribution in [2.24, 2.45) is 0 Å². The number of nitrogens with one attached hydrogen (secondary N) is 1. The third-order valence-electron chi connectivity index (χ3n) is 2.89. The molecule has 2 aromatic carbocycles. The van der Waals surface area contributed by atoms with Crippen molar-refractivity contribution in [1.29, 1.82) is 0 Å². The number of carbonyl (C=O) groups is 1. The van der Waals surface area contributed by atoms with Crippen molar-refractivity contribution in [3.63, 3.8) is 0 Å². The first-order valence-corrected chi connectivity index (χ1v) is 7.64. The molecule has 0 heterocycles. The maximum absolute atomic E-state index is 11.9. The van der Waals surface area contributed by atoms with Crippen molar-refractivity contribution in [2.45, 2.75) is 6.92 Å². The molecule has 2 aromatic rings. The summed E-state index contributed by atoms with van der Waals surface area (Å²) in [6.07, 6.45) is 0. The van der Waals surface area contributed by atoms with Crippen LogP contribution in [0.1, 0.15) is 5.56 Å². The zero-order valence-corrected chi connectivity index (χ0v) is 13.3. The topological polar surface area (TPSA) is 47.6 Å². The van der Waals surface area contributed by atoms with E-state index in [0.29, 0.717) is 23.9 Å². The van der Waals surface area contributed by atoms with Gasteiger partial charge in [0.25, 0.3) is 5.91 Å². The summed E-state index contributed by atoms with van der Waals surface area (Å²) in [7, 11) is 0. The highest BCUT2D eigenvalue weighted by molar-refractivity contribution is 7.80. The molecule has 0 saturated carbocycles.